The molecule has 8 nitrogen and oxygen atoms in total. The summed E-state index contributed by atoms with van der Waals surface area (Å²) in [7, 11) is 0. The summed E-state index contributed by atoms with van der Waals surface area (Å²) < 4.78 is 2.53. The number of hydrogen-bond donors (Lipinski definition) is 2. The van der Waals surface area contributed by atoms with Gasteiger partial charge in [0.15, 0.2) is 5.65 Å². The van der Waals surface area contributed by atoms with Gasteiger partial charge in [0.25, 0.3) is 0 Å². The number of nitrogens with one attached hydrogen (secondary N) is 2. The highest BCUT2D eigenvalue weighted by Gasteiger charge is 2.10. The van der Waals surface area contributed by atoms with E-state index >= 15 is 0 Å². The second kappa shape index (κ2) is 5.00. The molecule has 3 rings (SSSR count). The van der Waals surface area contributed by atoms with Crippen LogP contribution in [0, 0.1) is 0 Å². The molecule has 0 bridgehead atoms. The molecule has 1 amide bonds. The largest absolute Gasteiger partial charge is 0.350 e. The highest BCUT2D eigenvalue weighted by atomic mass is 16.2. The summed E-state index contributed by atoms with van der Waals surface area (Å²) >= 11 is 0. The van der Waals surface area contributed by atoms with Gasteiger partial charge < -0.3 is 5.32 Å². The molecule has 0 unspecified atom stereocenters. The van der Waals surface area contributed by atoms with Crippen molar-refractivity contribution in [2.24, 2.45) is 0 Å². The lowest BCUT2D eigenvalue weighted by molar-refractivity contribution is -0.122. The fourth-order valence-corrected chi connectivity index (χ4v) is 1.84. The van der Waals surface area contributed by atoms with E-state index in [9.17, 15) is 9.59 Å². The summed E-state index contributed by atoms with van der Waals surface area (Å²) in [6.45, 7) is 0.218. The SMILES string of the molecule is O=C(Cn1nc2ccccn2c1=O)NCc1ccn[nH]1. The van der Waals surface area contributed by atoms with Crippen molar-refractivity contribution < 1.29 is 4.79 Å². The molecule has 20 heavy (non-hydrogen) atoms. The number of carbonyl (C=O) groups is 1. The number of amides is 1. The average Bonchev–Trinajstić information content (AvgIpc) is 3.07. The Morgan fingerprint density at radius 3 is 3.00 bits per heavy atom. The third-order valence-electron chi connectivity index (χ3n) is 2.82. The summed E-state index contributed by atoms with van der Waals surface area (Å²) in [5.74, 6) is -0.287. The normalized spacial score (nSPS) is 10.8. The quantitative estimate of drug-likeness (QED) is 0.671. The van der Waals surface area contributed by atoms with E-state index < -0.39 is 0 Å². The number of fused-ring (bicyclic) bond motifs is 1. The van der Waals surface area contributed by atoms with Crippen LogP contribution < -0.4 is 11.0 Å². The zero-order valence-corrected chi connectivity index (χ0v) is 10.5. The number of carbonyl (C=O) groups excluding carboxylic acids is 1. The molecule has 3 aromatic rings. The third kappa shape index (κ3) is 2.30. The Bertz CT molecular complexity index is 786. The molecule has 0 spiro atoms. The van der Waals surface area contributed by atoms with E-state index in [4.69, 9.17) is 0 Å². The standard InChI is InChI=1S/C12H12N6O2/c19-11(13-7-9-4-5-14-15-9)8-18-12(20)17-6-2-1-3-10(17)16-18/h1-6H,7-8H2,(H,13,19)(H,14,15). The number of aromatic nitrogens is 5. The highest BCUT2D eigenvalue weighted by molar-refractivity contribution is 5.75. The third-order valence-corrected chi connectivity index (χ3v) is 2.82. The number of nitrogens with zero attached hydrogens (tertiary/aromatic N) is 4. The summed E-state index contributed by atoms with van der Waals surface area (Å²) in [5.41, 5.74) is 0.969. The minimum absolute atomic E-state index is 0.116. The molecule has 0 atom stereocenters. The van der Waals surface area contributed by atoms with Crippen molar-refractivity contribution in [1.82, 2.24) is 29.7 Å². The molecule has 0 saturated carbocycles. The van der Waals surface area contributed by atoms with E-state index in [1.165, 1.54) is 4.40 Å². The topological polar surface area (TPSA) is 97.1 Å². The summed E-state index contributed by atoms with van der Waals surface area (Å²) in [6.07, 6.45) is 3.22. The van der Waals surface area contributed by atoms with Crippen LogP contribution in [0.15, 0.2) is 41.5 Å². The molecular weight excluding hydrogens is 260 g/mol. The van der Waals surface area contributed by atoms with Crippen LogP contribution in [0.4, 0.5) is 0 Å². The highest BCUT2D eigenvalue weighted by Crippen LogP contribution is 1.95. The lowest BCUT2D eigenvalue weighted by atomic mass is 10.4. The first-order valence-corrected chi connectivity index (χ1v) is 6.03. The van der Waals surface area contributed by atoms with Gasteiger partial charge in [0.05, 0.1) is 12.2 Å². The number of pyridine rings is 1. The van der Waals surface area contributed by atoms with E-state index in [-0.39, 0.29) is 18.1 Å². The number of aromatic amines is 1. The lowest BCUT2D eigenvalue weighted by Gasteiger charge is -2.02. The molecule has 0 aliphatic heterocycles. The molecule has 0 aliphatic rings. The zero-order valence-electron chi connectivity index (χ0n) is 10.5. The maximum atomic E-state index is 12.0. The monoisotopic (exact) mass is 272 g/mol. The van der Waals surface area contributed by atoms with E-state index in [1.807, 2.05) is 0 Å². The Hall–Kier alpha value is -2.90. The molecule has 0 radical (unpaired) electrons. The smallest absolute Gasteiger partial charge is 0.349 e. The summed E-state index contributed by atoms with van der Waals surface area (Å²) in [5, 5.41) is 13.3. The Kier molecular flexibility index (Phi) is 3.04. The second-order valence-electron chi connectivity index (χ2n) is 4.23. The molecule has 0 saturated heterocycles. The van der Waals surface area contributed by atoms with Gasteiger partial charge in [0.2, 0.25) is 5.91 Å². The van der Waals surface area contributed by atoms with Crippen LogP contribution in [0.25, 0.3) is 5.65 Å². The Labute approximate surface area is 113 Å². The number of hydrogen-bond acceptors (Lipinski definition) is 4. The lowest BCUT2D eigenvalue weighted by Crippen LogP contribution is -2.32. The van der Waals surface area contributed by atoms with Crippen molar-refractivity contribution in [1.29, 1.82) is 0 Å². The second-order valence-corrected chi connectivity index (χ2v) is 4.23. The van der Waals surface area contributed by atoms with Crippen molar-refractivity contribution in [3.8, 4) is 0 Å². The maximum absolute atomic E-state index is 12.0. The van der Waals surface area contributed by atoms with E-state index in [1.54, 1.807) is 36.7 Å². The molecule has 3 heterocycles. The van der Waals surface area contributed by atoms with Gasteiger partial charge in [0, 0.05) is 12.4 Å². The predicted molar refractivity (Wildman–Crippen MR) is 69.9 cm³/mol. The van der Waals surface area contributed by atoms with Gasteiger partial charge in [-0.15, -0.1) is 5.10 Å². The van der Waals surface area contributed by atoms with Crippen molar-refractivity contribution in [3.63, 3.8) is 0 Å². The van der Waals surface area contributed by atoms with Gasteiger partial charge in [-0.05, 0) is 18.2 Å². The summed E-state index contributed by atoms with van der Waals surface area (Å²) in [4.78, 5) is 23.7. The minimum atomic E-state index is -0.336. The van der Waals surface area contributed by atoms with Crippen LogP contribution in [0.1, 0.15) is 5.69 Å². The minimum Gasteiger partial charge on any atom is -0.349 e. The number of H-pyrrole nitrogens is 1. The molecule has 8 heteroatoms. The van der Waals surface area contributed by atoms with Crippen molar-refractivity contribution in [3.05, 3.63) is 52.8 Å². The van der Waals surface area contributed by atoms with Crippen molar-refractivity contribution in [2.75, 3.05) is 0 Å². The number of rotatable bonds is 4. The first-order valence-electron chi connectivity index (χ1n) is 6.03. The summed E-state index contributed by atoms with van der Waals surface area (Å²) in [6, 6.07) is 6.99. The van der Waals surface area contributed by atoms with Crippen LogP contribution >= 0.6 is 0 Å². The van der Waals surface area contributed by atoms with Crippen molar-refractivity contribution >= 4 is 11.6 Å². The van der Waals surface area contributed by atoms with Crippen LogP contribution in [0.2, 0.25) is 0 Å². The van der Waals surface area contributed by atoms with Gasteiger partial charge in [-0.25, -0.2) is 9.48 Å². The fraction of sp³-hybridized carbons (Fsp3) is 0.167. The first kappa shape index (κ1) is 12.2. The van der Waals surface area contributed by atoms with E-state index in [2.05, 4.69) is 20.6 Å². The van der Waals surface area contributed by atoms with Crippen LogP contribution in [0.3, 0.4) is 0 Å². The Morgan fingerprint density at radius 2 is 2.25 bits per heavy atom. The van der Waals surface area contributed by atoms with Crippen molar-refractivity contribution in [2.45, 2.75) is 13.1 Å². The zero-order chi connectivity index (χ0) is 13.9. The molecule has 0 aromatic carbocycles. The average molecular weight is 272 g/mol. The molecule has 0 fully saturated rings. The van der Waals surface area contributed by atoms with E-state index in [0.29, 0.717) is 12.2 Å². The maximum Gasteiger partial charge on any atom is 0.350 e. The molecule has 3 aromatic heterocycles. The fourth-order valence-electron chi connectivity index (χ4n) is 1.84. The predicted octanol–water partition coefficient (Wildman–Crippen LogP) is -0.465. The van der Waals surface area contributed by atoms with Gasteiger partial charge in [-0.3, -0.25) is 14.3 Å². The van der Waals surface area contributed by atoms with Crippen LogP contribution in [0.5, 0.6) is 0 Å². The van der Waals surface area contributed by atoms with Crippen LogP contribution in [-0.2, 0) is 17.9 Å². The molecule has 2 N–H and O–H groups in total. The van der Waals surface area contributed by atoms with E-state index in [0.717, 1.165) is 10.4 Å². The molecule has 102 valence electrons. The Morgan fingerprint density at radius 1 is 1.35 bits per heavy atom. The van der Waals surface area contributed by atoms with Gasteiger partial charge in [-0.2, -0.15) is 5.10 Å². The van der Waals surface area contributed by atoms with Gasteiger partial charge in [-0.1, -0.05) is 6.07 Å². The molecular formula is C12H12N6O2. The molecule has 0 aliphatic carbocycles. The first-order chi connectivity index (χ1) is 9.74. The van der Waals surface area contributed by atoms with Crippen LogP contribution in [-0.4, -0.2) is 30.3 Å². The Balaban J connectivity index is 1.71. The van der Waals surface area contributed by atoms with Gasteiger partial charge in [0.1, 0.15) is 6.54 Å². The van der Waals surface area contributed by atoms with Gasteiger partial charge >= 0.3 is 5.69 Å².